The number of nitrogens with one attached hydrogen (secondary N) is 1. The quantitative estimate of drug-likeness (QED) is 0.433. The Kier molecular flexibility index (Phi) is 7.68. The summed E-state index contributed by atoms with van der Waals surface area (Å²) in [5.74, 6) is -0.289. The Labute approximate surface area is 200 Å². The van der Waals surface area contributed by atoms with Crippen LogP contribution in [0.4, 0.5) is 0 Å². The third-order valence-corrected chi connectivity index (χ3v) is 22.9. The van der Waals surface area contributed by atoms with E-state index in [2.05, 4.69) is 25.8 Å². The van der Waals surface area contributed by atoms with Gasteiger partial charge in [-0.1, -0.05) is 0 Å². The van der Waals surface area contributed by atoms with Crippen molar-refractivity contribution in [1.29, 1.82) is 0 Å². The second kappa shape index (κ2) is 10.0. The molecule has 1 aromatic heterocycles. The Morgan fingerprint density at radius 3 is 2.12 bits per heavy atom. The Bertz CT molecular complexity index is 935. The van der Waals surface area contributed by atoms with Gasteiger partial charge in [0.15, 0.2) is 0 Å². The number of rotatable bonds is 10. The van der Waals surface area contributed by atoms with Crippen LogP contribution in [0.25, 0.3) is 0 Å². The van der Waals surface area contributed by atoms with E-state index in [1.165, 1.54) is 0 Å². The van der Waals surface area contributed by atoms with Crippen molar-refractivity contribution in [2.24, 2.45) is 0 Å². The van der Waals surface area contributed by atoms with E-state index < -0.39 is 42.2 Å². The van der Waals surface area contributed by atoms with E-state index in [-0.39, 0.29) is 24.4 Å². The molecule has 3 aliphatic heterocycles. The van der Waals surface area contributed by atoms with Crippen molar-refractivity contribution < 1.29 is 18.9 Å². The standard InChI is InChI=1S/C12H13N2O6.3C4H9.Sn/c1-12(2)19-8-5-4-17-7-3-6(15)13-11(16)14(7)10(18-5)9(8)20-12;3*1-3-4-2;/h5,8-10H,4H2,1-2H3,(H,13,15,16);3*1,3-4H2,2H3;/t5-,8-,9-,10-;;;;/m1..../s1. The molecule has 33 heavy (non-hydrogen) atoms. The van der Waals surface area contributed by atoms with Gasteiger partial charge in [-0.25, -0.2) is 0 Å². The molecule has 4 atom stereocenters. The molecule has 0 aromatic carbocycles. The summed E-state index contributed by atoms with van der Waals surface area (Å²) in [7, 11) is 0. The van der Waals surface area contributed by atoms with E-state index in [0.29, 0.717) is 5.88 Å². The second-order valence-electron chi connectivity index (χ2n) is 10.3. The van der Waals surface area contributed by atoms with Crippen molar-refractivity contribution in [3.05, 3.63) is 20.8 Å². The van der Waals surface area contributed by atoms with E-state index in [0.717, 1.165) is 55.4 Å². The van der Waals surface area contributed by atoms with Crippen LogP contribution in [0.15, 0.2) is 9.59 Å². The van der Waals surface area contributed by atoms with Crippen LogP contribution >= 0.6 is 0 Å². The van der Waals surface area contributed by atoms with Gasteiger partial charge >= 0.3 is 201 Å². The third-order valence-electron chi connectivity index (χ3n) is 7.42. The summed E-state index contributed by atoms with van der Waals surface area (Å²) in [5.41, 5.74) is -0.719. The molecule has 8 nitrogen and oxygen atoms in total. The van der Waals surface area contributed by atoms with Crippen molar-refractivity contribution in [3.8, 4) is 5.88 Å². The van der Waals surface area contributed by atoms with Crippen LogP contribution in [-0.2, 0) is 14.2 Å². The van der Waals surface area contributed by atoms with Crippen molar-refractivity contribution in [1.82, 2.24) is 9.55 Å². The molecule has 9 heteroatoms. The summed E-state index contributed by atoms with van der Waals surface area (Å²) >= 11 is -3.23. The van der Waals surface area contributed by atoms with E-state index in [1.54, 1.807) is 4.57 Å². The van der Waals surface area contributed by atoms with Gasteiger partial charge in [-0.05, 0) is 0 Å². The van der Waals surface area contributed by atoms with Crippen LogP contribution in [-0.4, -0.2) is 58.6 Å². The molecule has 0 unspecified atom stereocenters. The SMILES string of the molecule is CCC[CH2][Sn]([CH2]CCC)([CH2]CCC)[c]1c2n(c(=O)[nH]c1=O)[C@@H]1O[C@H](CO2)[C@H]2OC(C)(C)O[C@H]21. The zero-order chi connectivity index (χ0) is 23.8. The van der Waals surface area contributed by atoms with Crippen LogP contribution in [0, 0.1) is 0 Å². The predicted octanol–water partition coefficient (Wildman–Crippen LogP) is 3.40. The number of fused-ring (bicyclic) bond motifs is 7. The first-order valence-corrected chi connectivity index (χ1v) is 20.3. The molecule has 0 amide bonds. The van der Waals surface area contributed by atoms with E-state index in [4.69, 9.17) is 18.9 Å². The van der Waals surface area contributed by atoms with Crippen LogP contribution in [0.2, 0.25) is 13.3 Å². The van der Waals surface area contributed by atoms with Gasteiger partial charge in [0.25, 0.3) is 0 Å². The molecular formula is C24H40N2O6Sn. The molecule has 1 N–H and O–H groups in total. The van der Waals surface area contributed by atoms with Gasteiger partial charge in [-0.15, -0.1) is 0 Å². The number of hydrogen-bond donors (Lipinski definition) is 1. The Balaban J connectivity index is 1.87. The van der Waals surface area contributed by atoms with Crippen LogP contribution in [0.3, 0.4) is 0 Å². The first-order chi connectivity index (χ1) is 15.8. The summed E-state index contributed by atoms with van der Waals surface area (Å²) in [6, 6.07) is 0. The summed E-state index contributed by atoms with van der Waals surface area (Å²) in [6.45, 7) is 10.6. The van der Waals surface area contributed by atoms with Gasteiger partial charge in [0.1, 0.15) is 0 Å². The molecule has 0 saturated carbocycles. The van der Waals surface area contributed by atoms with Gasteiger partial charge < -0.3 is 0 Å². The van der Waals surface area contributed by atoms with E-state index in [1.807, 2.05) is 13.8 Å². The number of unbranched alkanes of at least 4 members (excludes halogenated alkanes) is 3. The first-order valence-electron chi connectivity index (χ1n) is 12.8. The normalized spacial score (nSPS) is 27.7. The molecule has 4 rings (SSSR count). The van der Waals surface area contributed by atoms with Crippen LogP contribution in [0.5, 0.6) is 5.88 Å². The molecular weight excluding hydrogens is 531 g/mol. The summed E-state index contributed by atoms with van der Waals surface area (Å²) in [4.78, 5) is 29.3. The number of hydrogen-bond acceptors (Lipinski definition) is 6. The number of ether oxygens (including phenoxy) is 4. The Hall–Kier alpha value is -0.841. The van der Waals surface area contributed by atoms with Gasteiger partial charge in [-0.3, -0.25) is 0 Å². The maximum atomic E-state index is 13.5. The molecule has 0 spiro atoms. The summed E-state index contributed by atoms with van der Waals surface area (Å²) in [5, 5.41) is 0. The molecule has 0 radical (unpaired) electrons. The average molecular weight is 571 g/mol. The van der Waals surface area contributed by atoms with Gasteiger partial charge in [0.2, 0.25) is 0 Å². The molecule has 0 aliphatic carbocycles. The molecule has 3 aliphatic rings. The fourth-order valence-corrected chi connectivity index (χ4v) is 22.3. The molecule has 1 aromatic rings. The summed E-state index contributed by atoms with van der Waals surface area (Å²) < 4.78 is 30.5. The zero-order valence-corrected chi connectivity index (χ0v) is 23.6. The van der Waals surface area contributed by atoms with E-state index >= 15 is 0 Å². The number of aromatic nitrogens is 2. The fourth-order valence-electron chi connectivity index (χ4n) is 5.83. The average Bonchev–Trinajstić information content (AvgIpc) is 3.16. The van der Waals surface area contributed by atoms with Crippen LogP contribution < -0.4 is 19.6 Å². The Morgan fingerprint density at radius 1 is 0.970 bits per heavy atom. The first kappa shape index (κ1) is 25.3. The fraction of sp³-hybridized carbons (Fsp3) is 0.833. The monoisotopic (exact) mass is 572 g/mol. The van der Waals surface area contributed by atoms with Crippen molar-refractivity contribution in [2.75, 3.05) is 6.61 Å². The zero-order valence-electron chi connectivity index (χ0n) is 20.8. The van der Waals surface area contributed by atoms with Gasteiger partial charge in [0.05, 0.1) is 0 Å². The Morgan fingerprint density at radius 2 is 1.55 bits per heavy atom. The number of H-pyrrole nitrogens is 1. The third kappa shape index (κ3) is 4.69. The number of nitrogens with zero attached hydrogens (tertiary/aromatic N) is 1. The summed E-state index contributed by atoms with van der Waals surface area (Å²) in [6.07, 6.45) is 4.93. The van der Waals surface area contributed by atoms with Crippen LogP contribution in [0.1, 0.15) is 79.4 Å². The van der Waals surface area contributed by atoms with Crippen molar-refractivity contribution in [3.63, 3.8) is 0 Å². The minimum atomic E-state index is -3.23. The van der Waals surface area contributed by atoms with Gasteiger partial charge in [0, 0.05) is 0 Å². The maximum absolute atomic E-state index is 13.5. The number of aromatic amines is 1. The molecule has 4 heterocycles. The minimum absolute atomic E-state index is 0.233. The van der Waals surface area contributed by atoms with Crippen molar-refractivity contribution in [2.45, 2.75) is 117 Å². The van der Waals surface area contributed by atoms with E-state index in [9.17, 15) is 9.59 Å². The second-order valence-corrected chi connectivity index (χ2v) is 23.4. The van der Waals surface area contributed by atoms with Gasteiger partial charge in [-0.2, -0.15) is 0 Å². The topological polar surface area (TPSA) is 91.8 Å². The predicted molar refractivity (Wildman–Crippen MR) is 129 cm³/mol. The molecule has 2 fully saturated rings. The molecule has 186 valence electrons. The van der Waals surface area contributed by atoms with Crippen molar-refractivity contribution >= 4 is 22.0 Å². The molecule has 2 saturated heterocycles. The molecule has 2 bridgehead atoms.